The summed E-state index contributed by atoms with van der Waals surface area (Å²) in [6.07, 6.45) is 0. The summed E-state index contributed by atoms with van der Waals surface area (Å²) in [6.45, 7) is 2.10. The molecule has 2 aromatic heterocycles. The second-order valence-corrected chi connectivity index (χ2v) is 6.10. The van der Waals surface area contributed by atoms with Crippen molar-refractivity contribution in [3.8, 4) is 22.0 Å². The van der Waals surface area contributed by atoms with Gasteiger partial charge >= 0.3 is 0 Å². The molecule has 4 rings (SSSR count). The minimum Gasteiger partial charge on any atom is -0.454 e. The predicted octanol–water partition coefficient (Wildman–Crippen LogP) is 6.14. The van der Waals surface area contributed by atoms with E-state index < -0.39 is 0 Å². The van der Waals surface area contributed by atoms with Gasteiger partial charge in [-0.05, 0) is 18.4 Å². The zero-order chi connectivity index (χ0) is 14.2. The summed E-state index contributed by atoms with van der Waals surface area (Å²) in [4.78, 5) is 1.17. The van der Waals surface area contributed by atoms with Crippen LogP contribution in [0.1, 0.15) is 5.56 Å². The maximum absolute atomic E-state index is 6.25. The molecule has 0 bridgehead atoms. The smallest absolute Gasteiger partial charge is 0.152 e. The zero-order valence-corrected chi connectivity index (χ0v) is 12.5. The lowest BCUT2D eigenvalue weighted by Crippen LogP contribution is -1.76. The first-order valence-corrected chi connectivity index (χ1v) is 7.83. The Morgan fingerprint density at radius 2 is 1.48 bits per heavy atom. The van der Waals surface area contributed by atoms with Crippen LogP contribution in [0.15, 0.2) is 70.5 Å². The summed E-state index contributed by atoms with van der Waals surface area (Å²) < 4.78 is 6.25. The molecule has 0 atom stereocenters. The zero-order valence-electron chi connectivity index (χ0n) is 11.7. The number of fused-ring (bicyclic) bond motifs is 1. The molecule has 0 N–H and O–H groups in total. The molecule has 2 heteroatoms. The molecule has 0 aliphatic heterocycles. The van der Waals surface area contributed by atoms with E-state index in [1.807, 2.05) is 0 Å². The van der Waals surface area contributed by atoms with Crippen LogP contribution in [0.5, 0.6) is 0 Å². The molecule has 0 unspecified atom stereocenters. The maximum Gasteiger partial charge on any atom is 0.152 e. The first-order valence-electron chi connectivity index (χ1n) is 6.95. The normalized spacial score (nSPS) is 11.1. The van der Waals surface area contributed by atoms with Gasteiger partial charge in [-0.1, -0.05) is 60.2 Å². The van der Waals surface area contributed by atoms with Crippen LogP contribution in [0.25, 0.3) is 32.7 Å². The first kappa shape index (κ1) is 12.4. The minimum absolute atomic E-state index is 0.953. The predicted molar refractivity (Wildman–Crippen MR) is 89.7 cm³/mol. The minimum atomic E-state index is 0.953. The average Bonchev–Trinajstić information content (AvgIpc) is 3.15. The average molecular weight is 290 g/mol. The number of rotatable bonds is 2. The molecule has 0 spiro atoms. The number of hydrogen-bond donors (Lipinski definition) is 0. The van der Waals surface area contributed by atoms with E-state index in [1.54, 1.807) is 11.3 Å². The molecule has 0 aliphatic rings. The van der Waals surface area contributed by atoms with Crippen LogP contribution in [0.4, 0.5) is 0 Å². The second kappa shape index (κ2) is 4.90. The highest BCUT2D eigenvalue weighted by atomic mass is 32.1. The van der Waals surface area contributed by atoms with Gasteiger partial charge in [-0.2, -0.15) is 0 Å². The molecule has 0 amide bonds. The van der Waals surface area contributed by atoms with Crippen LogP contribution < -0.4 is 0 Å². The molecule has 0 radical (unpaired) electrons. The maximum atomic E-state index is 6.25. The van der Waals surface area contributed by atoms with Crippen molar-refractivity contribution in [2.45, 2.75) is 6.92 Å². The van der Waals surface area contributed by atoms with Crippen molar-refractivity contribution in [2.24, 2.45) is 0 Å². The van der Waals surface area contributed by atoms with Crippen molar-refractivity contribution in [3.05, 3.63) is 71.6 Å². The van der Waals surface area contributed by atoms with E-state index in [4.69, 9.17) is 4.42 Å². The number of aryl methyl sites for hydroxylation is 1. The van der Waals surface area contributed by atoms with Crippen molar-refractivity contribution in [2.75, 3.05) is 0 Å². The van der Waals surface area contributed by atoms with Crippen LogP contribution in [0.2, 0.25) is 0 Å². The van der Waals surface area contributed by atoms with Crippen molar-refractivity contribution < 1.29 is 4.42 Å². The molecule has 4 aromatic rings. The molecule has 2 heterocycles. The van der Waals surface area contributed by atoms with Gasteiger partial charge in [0.15, 0.2) is 5.76 Å². The van der Waals surface area contributed by atoms with Gasteiger partial charge in [-0.3, -0.25) is 0 Å². The fraction of sp³-hybridized carbons (Fsp3) is 0.0526. The highest BCUT2D eigenvalue weighted by molar-refractivity contribution is 7.13. The van der Waals surface area contributed by atoms with E-state index >= 15 is 0 Å². The highest BCUT2D eigenvalue weighted by Crippen LogP contribution is 2.40. The molecule has 1 nitrogen and oxygen atoms in total. The van der Waals surface area contributed by atoms with Crippen LogP contribution in [-0.4, -0.2) is 0 Å². The molecule has 2 aromatic carbocycles. The Morgan fingerprint density at radius 1 is 0.762 bits per heavy atom. The van der Waals surface area contributed by atoms with Gasteiger partial charge in [0.2, 0.25) is 0 Å². The Hall–Kier alpha value is -2.32. The third-order valence-electron chi connectivity index (χ3n) is 3.68. The Kier molecular flexibility index (Phi) is 2.90. The van der Waals surface area contributed by atoms with Crippen molar-refractivity contribution in [1.29, 1.82) is 0 Å². The summed E-state index contributed by atoms with van der Waals surface area (Å²) in [5.74, 6) is 1.92. The molecule has 0 fully saturated rings. The largest absolute Gasteiger partial charge is 0.454 e. The van der Waals surface area contributed by atoms with Gasteiger partial charge in [-0.25, -0.2) is 0 Å². The SMILES string of the molecule is Cc1ccc(-c2oc(-c3cccs3)c3ccccc23)cc1. The molecule has 0 aliphatic carbocycles. The van der Waals surface area contributed by atoms with Gasteiger partial charge < -0.3 is 4.42 Å². The van der Waals surface area contributed by atoms with Crippen molar-refractivity contribution in [1.82, 2.24) is 0 Å². The number of furan rings is 1. The fourth-order valence-corrected chi connectivity index (χ4v) is 3.32. The van der Waals surface area contributed by atoms with E-state index in [9.17, 15) is 0 Å². The number of hydrogen-bond acceptors (Lipinski definition) is 2. The molecule has 0 saturated carbocycles. The Bertz CT molecular complexity index is 883. The van der Waals surface area contributed by atoms with Crippen LogP contribution in [0.3, 0.4) is 0 Å². The van der Waals surface area contributed by atoms with Gasteiger partial charge in [0.1, 0.15) is 5.76 Å². The van der Waals surface area contributed by atoms with Crippen LogP contribution in [-0.2, 0) is 0 Å². The Balaban J connectivity index is 2.00. The van der Waals surface area contributed by atoms with E-state index in [0.717, 1.165) is 17.1 Å². The van der Waals surface area contributed by atoms with E-state index in [0.29, 0.717) is 0 Å². The van der Waals surface area contributed by atoms with E-state index in [1.165, 1.54) is 21.2 Å². The second-order valence-electron chi connectivity index (χ2n) is 5.15. The summed E-state index contributed by atoms with van der Waals surface area (Å²) in [5, 5.41) is 4.43. The van der Waals surface area contributed by atoms with Crippen LogP contribution in [0, 0.1) is 6.92 Å². The van der Waals surface area contributed by atoms with Crippen LogP contribution >= 0.6 is 11.3 Å². The topological polar surface area (TPSA) is 13.1 Å². The van der Waals surface area contributed by atoms with Gasteiger partial charge in [-0.15, -0.1) is 11.3 Å². The van der Waals surface area contributed by atoms with Crippen molar-refractivity contribution in [3.63, 3.8) is 0 Å². The molecule has 21 heavy (non-hydrogen) atoms. The Labute approximate surface area is 127 Å². The monoisotopic (exact) mass is 290 g/mol. The lowest BCUT2D eigenvalue weighted by molar-refractivity contribution is 0.603. The standard InChI is InChI=1S/C19H14OS/c1-13-8-10-14(11-9-13)18-15-5-2-3-6-16(15)19(20-18)17-7-4-12-21-17/h2-12H,1H3. The summed E-state index contributed by atoms with van der Waals surface area (Å²) >= 11 is 1.71. The third kappa shape index (κ3) is 2.08. The fourth-order valence-electron chi connectivity index (χ4n) is 2.60. The lowest BCUT2D eigenvalue weighted by atomic mass is 10.1. The van der Waals surface area contributed by atoms with E-state index in [2.05, 4.69) is 73.0 Å². The molecule has 102 valence electrons. The molecular weight excluding hydrogens is 276 g/mol. The number of thiophene rings is 1. The third-order valence-corrected chi connectivity index (χ3v) is 4.55. The highest BCUT2D eigenvalue weighted by Gasteiger charge is 2.16. The Morgan fingerprint density at radius 3 is 2.14 bits per heavy atom. The van der Waals surface area contributed by atoms with Crippen molar-refractivity contribution >= 4 is 22.1 Å². The summed E-state index contributed by atoms with van der Waals surface area (Å²) in [6, 6.07) is 21.0. The van der Waals surface area contributed by atoms with Gasteiger partial charge in [0.05, 0.1) is 4.88 Å². The first-order chi connectivity index (χ1) is 10.3. The summed E-state index contributed by atoms with van der Waals surface area (Å²) in [5.41, 5.74) is 2.38. The van der Waals surface area contributed by atoms with E-state index in [-0.39, 0.29) is 0 Å². The number of benzene rings is 2. The lowest BCUT2D eigenvalue weighted by Gasteiger charge is -1.99. The quantitative estimate of drug-likeness (QED) is 0.432. The molecule has 0 saturated heterocycles. The van der Waals surface area contributed by atoms with Gasteiger partial charge in [0, 0.05) is 16.3 Å². The van der Waals surface area contributed by atoms with Gasteiger partial charge in [0.25, 0.3) is 0 Å². The summed E-state index contributed by atoms with van der Waals surface area (Å²) in [7, 11) is 0. The molecular formula is C19H14OS.